The second kappa shape index (κ2) is 5.71. The first kappa shape index (κ1) is 12.7. The molecule has 1 unspecified atom stereocenters. The highest BCUT2D eigenvalue weighted by atomic mass is 16.2. The molecule has 1 aromatic heterocycles. The average Bonchev–Trinajstić information content (AvgIpc) is 2.69. The van der Waals surface area contributed by atoms with Gasteiger partial charge in [0.25, 0.3) is 0 Å². The number of carbonyl (C=O) groups is 1. The second-order valence-corrected chi connectivity index (χ2v) is 4.79. The number of aromatic nitrogens is 2. The van der Waals surface area contributed by atoms with Crippen LogP contribution >= 0.6 is 0 Å². The molecule has 1 aromatic rings. The van der Waals surface area contributed by atoms with Gasteiger partial charge in [-0.25, -0.2) is 4.79 Å². The normalized spacial score (nSPS) is 18.7. The summed E-state index contributed by atoms with van der Waals surface area (Å²) in [7, 11) is 0. The number of aryl methyl sites for hydroxylation is 2. The zero-order valence-corrected chi connectivity index (χ0v) is 10.9. The highest BCUT2D eigenvalue weighted by Crippen LogP contribution is 2.18. The zero-order chi connectivity index (χ0) is 13.0. The molecule has 3 N–H and O–H groups in total. The molecule has 1 atom stereocenters. The van der Waals surface area contributed by atoms with Crippen molar-refractivity contribution in [2.45, 2.75) is 33.1 Å². The molecule has 0 saturated heterocycles. The Kier molecular flexibility index (Phi) is 4.02. The van der Waals surface area contributed by atoms with E-state index in [0.29, 0.717) is 5.92 Å². The fraction of sp³-hybridized carbons (Fsp3) is 0.538. The molecule has 98 valence electrons. The molecule has 1 aliphatic carbocycles. The van der Waals surface area contributed by atoms with Crippen LogP contribution in [-0.2, 0) is 0 Å². The smallest absolute Gasteiger partial charge is 0.319 e. The number of hydrogen-bond donors (Lipinski definition) is 3. The van der Waals surface area contributed by atoms with Gasteiger partial charge in [-0.05, 0) is 39.0 Å². The highest BCUT2D eigenvalue weighted by Gasteiger charge is 2.13. The summed E-state index contributed by atoms with van der Waals surface area (Å²) in [5, 5.41) is 12.6. The van der Waals surface area contributed by atoms with Crippen LogP contribution in [0.2, 0.25) is 0 Å². The number of rotatable bonds is 3. The van der Waals surface area contributed by atoms with Crippen LogP contribution in [-0.4, -0.2) is 22.8 Å². The maximum Gasteiger partial charge on any atom is 0.319 e. The largest absolute Gasteiger partial charge is 0.338 e. The average molecular weight is 248 g/mol. The summed E-state index contributed by atoms with van der Waals surface area (Å²) in [6.45, 7) is 4.48. The third kappa shape index (κ3) is 3.12. The van der Waals surface area contributed by atoms with Crippen LogP contribution in [0.3, 0.4) is 0 Å². The van der Waals surface area contributed by atoms with Gasteiger partial charge in [0.15, 0.2) is 0 Å². The lowest BCUT2D eigenvalue weighted by atomic mass is 9.94. The van der Waals surface area contributed by atoms with Crippen molar-refractivity contribution in [3.8, 4) is 0 Å². The Labute approximate surface area is 107 Å². The summed E-state index contributed by atoms with van der Waals surface area (Å²) < 4.78 is 0. The van der Waals surface area contributed by atoms with E-state index in [1.807, 2.05) is 13.8 Å². The minimum absolute atomic E-state index is 0.155. The lowest BCUT2D eigenvalue weighted by Gasteiger charge is -2.18. The van der Waals surface area contributed by atoms with Gasteiger partial charge in [-0.3, -0.25) is 5.10 Å². The third-order valence-corrected chi connectivity index (χ3v) is 3.30. The van der Waals surface area contributed by atoms with Gasteiger partial charge in [-0.1, -0.05) is 12.2 Å². The van der Waals surface area contributed by atoms with E-state index in [2.05, 4.69) is 33.0 Å². The first-order chi connectivity index (χ1) is 8.66. The van der Waals surface area contributed by atoms with E-state index in [-0.39, 0.29) is 6.03 Å². The first-order valence-corrected chi connectivity index (χ1v) is 6.38. The molecule has 2 amide bonds. The summed E-state index contributed by atoms with van der Waals surface area (Å²) in [5.41, 5.74) is 2.46. The van der Waals surface area contributed by atoms with Crippen LogP contribution in [0.4, 0.5) is 10.5 Å². The van der Waals surface area contributed by atoms with Crippen LogP contribution in [0.15, 0.2) is 12.2 Å². The summed E-state index contributed by atoms with van der Waals surface area (Å²) in [6, 6.07) is -0.155. The molecular formula is C13H20N4O. The topological polar surface area (TPSA) is 69.8 Å². The van der Waals surface area contributed by atoms with Crippen molar-refractivity contribution in [1.29, 1.82) is 0 Å². The molecule has 0 aromatic carbocycles. The minimum Gasteiger partial charge on any atom is -0.338 e. The number of aromatic amines is 1. The Morgan fingerprint density at radius 3 is 2.94 bits per heavy atom. The predicted octanol–water partition coefficient (Wildman–Crippen LogP) is 2.50. The summed E-state index contributed by atoms with van der Waals surface area (Å²) in [5.74, 6) is 0.562. The van der Waals surface area contributed by atoms with Gasteiger partial charge in [0, 0.05) is 6.54 Å². The highest BCUT2D eigenvalue weighted by molar-refractivity contribution is 5.90. The summed E-state index contributed by atoms with van der Waals surface area (Å²) >= 11 is 0. The number of anilines is 1. The van der Waals surface area contributed by atoms with Crippen LogP contribution in [0.1, 0.15) is 30.7 Å². The van der Waals surface area contributed by atoms with Gasteiger partial charge in [0.1, 0.15) is 0 Å². The van der Waals surface area contributed by atoms with Gasteiger partial charge in [0.05, 0.1) is 17.1 Å². The molecule has 0 saturated carbocycles. The number of nitrogens with zero attached hydrogens (tertiary/aromatic N) is 1. The predicted molar refractivity (Wildman–Crippen MR) is 71.6 cm³/mol. The molecule has 1 aliphatic rings. The summed E-state index contributed by atoms with van der Waals surface area (Å²) in [4.78, 5) is 11.8. The first-order valence-electron chi connectivity index (χ1n) is 6.38. The summed E-state index contributed by atoms with van der Waals surface area (Å²) in [6.07, 6.45) is 7.73. The number of nitrogens with one attached hydrogen (secondary N) is 3. The zero-order valence-electron chi connectivity index (χ0n) is 10.9. The van der Waals surface area contributed by atoms with Gasteiger partial charge in [0.2, 0.25) is 0 Å². The molecule has 5 heteroatoms. The Balaban J connectivity index is 1.80. The molecule has 1 heterocycles. The molecular weight excluding hydrogens is 228 g/mol. The van der Waals surface area contributed by atoms with Crippen molar-refractivity contribution in [3.63, 3.8) is 0 Å². The fourth-order valence-electron chi connectivity index (χ4n) is 2.17. The van der Waals surface area contributed by atoms with E-state index in [9.17, 15) is 4.79 Å². The molecule has 0 bridgehead atoms. The van der Waals surface area contributed by atoms with E-state index < -0.39 is 0 Å². The van der Waals surface area contributed by atoms with Crippen molar-refractivity contribution in [2.75, 3.05) is 11.9 Å². The van der Waals surface area contributed by atoms with Gasteiger partial charge in [-0.15, -0.1) is 0 Å². The fourth-order valence-corrected chi connectivity index (χ4v) is 2.17. The number of hydrogen-bond acceptors (Lipinski definition) is 2. The number of urea groups is 1. The van der Waals surface area contributed by atoms with Crippen LogP contribution in [0, 0.1) is 19.8 Å². The lowest BCUT2D eigenvalue weighted by molar-refractivity contribution is 0.249. The van der Waals surface area contributed by atoms with Crippen molar-refractivity contribution in [2.24, 2.45) is 5.92 Å². The molecule has 0 aliphatic heterocycles. The standard InChI is InChI=1S/C13H20N4O/c1-9-12(10(2)17-16-9)15-13(18)14-8-11-6-4-3-5-7-11/h3-4,11H,5-8H2,1-2H3,(H,16,17)(H2,14,15,18). The molecule has 0 radical (unpaired) electrons. The van der Waals surface area contributed by atoms with Crippen molar-refractivity contribution < 1.29 is 4.79 Å². The minimum atomic E-state index is -0.155. The van der Waals surface area contributed by atoms with Gasteiger partial charge < -0.3 is 10.6 Å². The molecule has 0 fully saturated rings. The van der Waals surface area contributed by atoms with Crippen LogP contribution in [0.25, 0.3) is 0 Å². The van der Waals surface area contributed by atoms with Crippen molar-refractivity contribution in [3.05, 3.63) is 23.5 Å². The van der Waals surface area contributed by atoms with Crippen LogP contribution < -0.4 is 10.6 Å². The van der Waals surface area contributed by atoms with Crippen molar-refractivity contribution in [1.82, 2.24) is 15.5 Å². The van der Waals surface area contributed by atoms with Crippen LogP contribution in [0.5, 0.6) is 0 Å². The van der Waals surface area contributed by atoms with Gasteiger partial charge in [-0.2, -0.15) is 5.10 Å². The molecule has 2 rings (SSSR count). The van der Waals surface area contributed by atoms with E-state index in [1.54, 1.807) is 0 Å². The number of amides is 2. The van der Waals surface area contributed by atoms with E-state index in [0.717, 1.165) is 42.9 Å². The number of carbonyl (C=O) groups excluding carboxylic acids is 1. The molecule has 5 nitrogen and oxygen atoms in total. The van der Waals surface area contributed by atoms with E-state index in [1.165, 1.54) is 0 Å². The van der Waals surface area contributed by atoms with Gasteiger partial charge >= 0.3 is 6.03 Å². The van der Waals surface area contributed by atoms with E-state index >= 15 is 0 Å². The van der Waals surface area contributed by atoms with E-state index in [4.69, 9.17) is 0 Å². The lowest BCUT2D eigenvalue weighted by Crippen LogP contribution is -2.33. The Hall–Kier alpha value is -1.78. The SMILES string of the molecule is Cc1n[nH]c(C)c1NC(=O)NCC1CC=CCC1. The second-order valence-electron chi connectivity index (χ2n) is 4.79. The number of allylic oxidation sites excluding steroid dienone is 2. The maximum atomic E-state index is 11.8. The Morgan fingerprint density at radius 1 is 1.50 bits per heavy atom. The third-order valence-electron chi connectivity index (χ3n) is 3.30. The van der Waals surface area contributed by atoms with Crippen molar-refractivity contribution >= 4 is 11.7 Å². The Morgan fingerprint density at radius 2 is 2.33 bits per heavy atom. The monoisotopic (exact) mass is 248 g/mol. The quantitative estimate of drug-likeness (QED) is 0.719. The maximum absolute atomic E-state index is 11.8. The molecule has 0 spiro atoms. The molecule has 18 heavy (non-hydrogen) atoms. The number of H-pyrrole nitrogens is 1. The Bertz CT molecular complexity index is 430.